The van der Waals surface area contributed by atoms with Gasteiger partial charge in [-0.05, 0) is 30.5 Å². The standard InChI is InChI=1S/C16H23N3O2/c1-2-3-9-17-16(21)18-12-13-6-4-7-14(11-13)19-10-5-8-15(19)20/h4,6-7,11H,2-3,5,8-10,12H2,1H3,(H2,17,18,21). The molecule has 0 saturated carbocycles. The largest absolute Gasteiger partial charge is 0.338 e. The van der Waals surface area contributed by atoms with E-state index < -0.39 is 0 Å². The highest BCUT2D eigenvalue weighted by atomic mass is 16.2. The van der Waals surface area contributed by atoms with Crippen LogP contribution in [0.3, 0.4) is 0 Å². The van der Waals surface area contributed by atoms with Crippen LogP contribution in [0.5, 0.6) is 0 Å². The lowest BCUT2D eigenvalue weighted by Gasteiger charge is -2.16. The molecule has 1 saturated heterocycles. The molecule has 1 aromatic rings. The summed E-state index contributed by atoms with van der Waals surface area (Å²) in [6.45, 7) is 4.04. The van der Waals surface area contributed by atoms with Crippen molar-refractivity contribution in [2.45, 2.75) is 39.2 Å². The molecule has 5 nitrogen and oxygen atoms in total. The van der Waals surface area contributed by atoms with Crippen molar-refractivity contribution < 1.29 is 9.59 Å². The van der Waals surface area contributed by atoms with Crippen molar-refractivity contribution in [3.8, 4) is 0 Å². The van der Waals surface area contributed by atoms with Gasteiger partial charge in [0.1, 0.15) is 0 Å². The number of carbonyl (C=O) groups is 2. The normalized spacial score (nSPS) is 14.3. The van der Waals surface area contributed by atoms with E-state index in [1.165, 1.54) is 0 Å². The van der Waals surface area contributed by atoms with E-state index in [-0.39, 0.29) is 11.9 Å². The third-order valence-corrected chi connectivity index (χ3v) is 3.56. The number of rotatable bonds is 6. The number of hydrogen-bond donors (Lipinski definition) is 2. The van der Waals surface area contributed by atoms with E-state index >= 15 is 0 Å². The molecule has 21 heavy (non-hydrogen) atoms. The molecule has 2 N–H and O–H groups in total. The summed E-state index contributed by atoms with van der Waals surface area (Å²) in [4.78, 5) is 25.2. The van der Waals surface area contributed by atoms with E-state index in [1.54, 1.807) is 0 Å². The van der Waals surface area contributed by atoms with Crippen LogP contribution in [-0.2, 0) is 11.3 Å². The Balaban J connectivity index is 1.86. The van der Waals surface area contributed by atoms with Crippen LogP contribution in [0.15, 0.2) is 24.3 Å². The van der Waals surface area contributed by atoms with Crippen LogP contribution in [0.4, 0.5) is 10.5 Å². The summed E-state index contributed by atoms with van der Waals surface area (Å²) in [5.74, 6) is 0.178. The monoisotopic (exact) mass is 289 g/mol. The number of carbonyl (C=O) groups excluding carboxylic acids is 2. The molecular formula is C16H23N3O2. The average Bonchev–Trinajstić information content (AvgIpc) is 2.92. The zero-order chi connectivity index (χ0) is 15.1. The summed E-state index contributed by atoms with van der Waals surface area (Å²) in [5, 5.41) is 5.65. The summed E-state index contributed by atoms with van der Waals surface area (Å²) in [7, 11) is 0. The number of hydrogen-bond acceptors (Lipinski definition) is 2. The Bertz CT molecular complexity index is 502. The van der Waals surface area contributed by atoms with Crippen LogP contribution in [-0.4, -0.2) is 25.0 Å². The molecule has 0 aliphatic carbocycles. The van der Waals surface area contributed by atoms with E-state index in [0.29, 0.717) is 19.5 Å². The third-order valence-electron chi connectivity index (χ3n) is 3.56. The van der Waals surface area contributed by atoms with Gasteiger partial charge in [-0.3, -0.25) is 4.79 Å². The van der Waals surface area contributed by atoms with Gasteiger partial charge in [-0.2, -0.15) is 0 Å². The van der Waals surface area contributed by atoms with Crippen LogP contribution in [0.1, 0.15) is 38.2 Å². The van der Waals surface area contributed by atoms with Gasteiger partial charge in [-0.25, -0.2) is 4.79 Å². The van der Waals surface area contributed by atoms with E-state index in [1.807, 2.05) is 29.2 Å². The lowest BCUT2D eigenvalue weighted by molar-refractivity contribution is -0.117. The van der Waals surface area contributed by atoms with Gasteiger partial charge >= 0.3 is 6.03 Å². The molecule has 0 atom stereocenters. The molecular weight excluding hydrogens is 266 g/mol. The Morgan fingerprint density at radius 1 is 1.33 bits per heavy atom. The maximum Gasteiger partial charge on any atom is 0.315 e. The summed E-state index contributed by atoms with van der Waals surface area (Å²) < 4.78 is 0. The fraction of sp³-hybridized carbons (Fsp3) is 0.500. The first-order chi connectivity index (χ1) is 10.2. The van der Waals surface area contributed by atoms with E-state index in [4.69, 9.17) is 0 Å². The average molecular weight is 289 g/mol. The van der Waals surface area contributed by atoms with Crippen LogP contribution in [0, 0.1) is 0 Å². The first-order valence-corrected chi connectivity index (χ1v) is 7.61. The fourth-order valence-corrected chi connectivity index (χ4v) is 2.38. The number of nitrogens with one attached hydrogen (secondary N) is 2. The molecule has 0 unspecified atom stereocenters. The Labute approximate surface area is 125 Å². The molecule has 0 bridgehead atoms. The van der Waals surface area contributed by atoms with Crippen LogP contribution < -0.4 is 15.5 Å². The quantitative estimate of drug-likeness (QED) is 0.790. The topological polar surface area (TPSA) is 61.4 Å². The smallest absolute Gasteiger partial charge is 0.315 e. The minimum Gasteiger partial charge on any atom is -0.338 e. The molecule has 1 aliphatic heterocycles. The molecule has 0 spiro atoms. The Kier molecular flexibility index (Phi) is 5.60. The SMILES string of the molecule is CCCCNC(=O)NCc1cccc(N2CCCC2=O)c1. The molecule has 0 aromatic heterocycles. The highest BCUT2D eigenvalue weighted by Gasteiger charge is 2.21. The molecule has 1 aliphatic rings. The van der Waals surface area contributed by atoms with Crippen molar-refractivity contribution >= 4 is 17.6 Å². The van der Waals surface area contributed by atoms with Crippen molar-refractivity contribution in [2.75, 3.05) is 18.0 Å². The predicted molar refractivity (Wildman–Crippen MR) is 83.2 cm³/mol. The van der Waals surface area contributed by atoms with Gasteiger partial charge in [0.15, 0.2) is 0 Å². The number of benzene rings is 1. The molecule has 1 fully saturated rings. The molecule has 114 valence electrons. The van der Waals surface area contributed by atoms with Gasteiger partial charge in [-0.15, -0.1) is 0 Å². The lowest BCUT2D eigenvalue weighted by atomic mass is 10.2. The number of amides is 3. The van der Waals surface area contributed by atoms with Gasteiger partial charge in [0, 0.05) is 31.7 Å². The zero-order valence-electron chi connectivity index (χ0n) is 12.5. The molecule has 0 radical (unpaired) electrons. The summed E-state index contributed by atoms with van der Waals surface area (Å²) in [5.41, 5.74) is 1.92. The van der Waals surface area contributed by atoms with Gasteiger partial charge in [0.2, 0.25) is 5.91 Å². The van der Waals surface area contributed by atoms with Crippen LogP contribution in [0.25, 0.3) is 0 Å². The van der Waals surface area contributed by atoms with E-state index in [9.17, 15) is 9.59 Å². The lowest BCUT2D eigenvalue weighted by Crippen LogP contribution is -2.35. The Morgan fingerprint density at radius 2 is 2.19 bits per heavy atom. The van der Waals surface area contributed by atoms with Gasteiger partial charge in [0.05, 0.1) is 0 Å². The van der Waals surface area contributed by atoms with Gasteiger partial charge in [0.25, 0.3) is 0 Å². The number of unbranched alkanes of at least 4 members (excludes halogenated alkanes) is 1. The van der Waals surface area contributed by atoms with Crippen molar-refractivity contribution in [3.05, 3.63) is 29.8 Å². The van der Waals surface area contributed by atoms with Crippen molar-refractivity contribution in [1.29, 1.82) is 0 Å². The number of nitrogens with zero attached hydrogens (tertiary/aromatic N) is 1. The fourth-order valence-electron chi connectivity index (χ4n) is 2.38. The number of urea groups is 1. The second kappa shape index (κ2) is 7.67. The molecule has 3 amide bonds. The maximum atomic E-state index is 11.7. The Morgan fingerprint density at radius 3 is 2.90 bits per heavy atom. The van der Waals surface area contributed by atoms with Crippen molar-refractivity contribution in [2.24, 2.45) is 0 Å². The van der Waals surface area contributed by atoms with E-state index in [2.05, 4.69) is 17.6 Å². The van der Waals surface area contributed by atoms with Crippen molar-refractivity contribution in [1.82, 2.24) is 10.6 Å². The minimum absolute atomic E-state index is 0.147. The van der Waals surface area contributed by atoms with Crippen molar-refractivity contribution in [3.63, 3.8) is 0 Å². The summed E-state index contributed by atoms with van der Waals surface area (Å²) >= 11 is 0. The maximum absolute atomic E-state index is 11.7. The first-order valence-electron chi connectivity index (χ1n) is 7.61. The molecule has 2 rings (SSSR count). The molecule has 1 aromatic carbocycles. The first kappa shape index (κ1) is 15.4. The van der Waals surface area contributed by atoms with Crippen LogP contribution in [0.2, 0.25) is 0 Å². The molecule has 5 heteroatoms. The van der Waals surface area contributed by atoms with Crippen LogP contribution >= 0.6 is 0 Å². The summed E-state index contributed by atoms with van der Waals surface area (Å²) in [6.07, 6.45) is 3.59. The summed E-state index contributed by atoms with van der Waals surface area (Å²) in [6, 6.07) is 7.64. The predicted octanol–water partition coefficient (Wildman–Crippen LogP) is 2.41. The molecule has 1 heterocycles. The second-order valence-corrected chi connectivity index (χ2v) is 5.28. The highest BCUT2D eigenvalue weighted by Crippen LogP contribution is 2.22. The highest BCUT2D eigenvalue weighted by molar-refractivity contribution is 5.95. The van der Waals surface area contributed by atoms with Gasteiger partial charge in [-0.1, -0.05) is 25.5 Å². The van der Waals surface area contributed by atoms with Gasteiger partial charge < -0.3 is 15.5 Å². The van der Waals surface area contributed by atoms with E-state index in [0.717, 1.165) is 37.1 Å². The minimum atomic E-state index is -0.147. The zero-order valence-corrected chi connectivity index (χ0v) is 12.5. The second-order valence-electron chi connectivity index (χ2n) is 5.28. The Hall–Kier alpha value is -2.04. The third kappa shape index (κ3) is 4.48. The number of anilines is 1.